The van der Waals surface area contributed by atoms with Crippen molar-refractivity contribution in [1.29, 1.82) is 0 Å². The number of amides is 4. The second-order valence-corrected chi connectivity index (χ2v) is 4.78. The molecule has 0 spiro atoms. The van der Waals surface area contributed by atoms with Crippen LogP contribution >= 0.6 is 0 Å². The molecule has 94 valence electrons. The minimum Gasteiger partial charge on any atom is -0.351 e. The number of primary amides is 2. The summed E-state index contributed by atoms with van der Waals surface area (Å²) in [5.41, 5.74) is 15.0. The maximum Gasteiger partial charge on any atom is 0.315 e. The highest BCUT2D eigenvalue weighted by Gasteiger charge is 2.27. The van der Waals surface area contributed by atoms with Crippen LogP contribution < -0.4 is 11.5 Å². The number of rotatable bonds is 0. The number of carbonyl (C=O) groups is 2. The first kappa shape index (κ1) is 10.9. The van der Waals surface area contributed by atoms with E-state index in [1.807, 2.05) is 0 Å². The molecule has 0 radical (unpaired) electrons. The van der Waals surface area contributed by atoms with Gasteiger partial charge in [-0.1, -0.05) is 12.1 Å². The Labute approximate surface area is 104 Å². The Balaban J connectivity index is 1.89. The third kappa shape index (κ3) is 1.57. The van der Waals surface area contributed by atoms with Crippen LogP contribution in [-0.4, -0.2) is 21.9 Å². The number of fused-ring (bicyclic) bond motifs is 2. The van der Waals surface area contributed by atoms with Crippen LogP contribution in [-0.2, 0) is 26.2 Å². The highest BCUT2D eigenvalue weighted by atomic mass is 16.2. The number of urea groups is 2. The van der Waals surface area contributed by atoms with E-state index in [9.17, 15) is 9.59 Å². The largest absolute Gasteiger partial charge is 0.351 e. The molecular weight excluding hydrogens is 232 g/mol. The van der Waals surface area contributed by atoms with Gasteiger partial charge in [-0.05, 0) is 22.3 Å². The first-order valence-electron chi connectivity index (χ1n) is 5.77. The van der Waals surface area contributed by atoms with Crippen molar-refractivity contribution < 1.29 is 9.59 Å². The van der Waals surface area contributed by atoms with Gasteiger partial charge in [-0.3, -0.25) is 0 Å². The molecule has 3 rings (SSSR count). The Bertz CT molecular complexity index is 475. The molecule has 18 heavy (non-hydrogen) atoms. The summed E-state index contributed by atoms with van der Waals surface area (Å²) < 4.78 is 0. The summed E-state index contributed by atoms with van der Waals surface area (Å²) in [5, 5.41) is 0. The van der Waals surface area contributed by atoms with Gasteiger partial charge in [-0.2, -0.15) is 0 Å². The molecule has 4 amide bonds. The number of carbonyl (C=O) groups excluding carboxylic acids is 2. The van der Waals surface area contributed by atoms with Crippen molar-refractivity contribution in [1.82, 2.24) is 9.80 Å². The van der Waals surface area contributed by atoms with E-state index in [0.29, 0.717) is 26.2 Å². The van der Waals surface area contributed by atoms with Crippen LogP contribution in [0, 0.1) is 0 Å². The molecule has 1 aromatic carbocycles. The summed E-state index contributed by atoms with van der Waals surface area (Å²) in [6, 6.07) is 3.31. The van der Waals surface area contributed by atoms with E-state index >= 15 is 0 Å². The minimum atomic E-state index is -0.398. The normalized spacial score (nSPS) is 16.7. The Morgan fingerprint density at radius 2 is 1.06 bits per heavy atom. The molecule has 6 nitrogen and oxygen atoms in total. The molecule has 0 saturated heterocycles. The Kier molecular flexibility index (Phi) is 2.19. The van der Waals surface area contributed by atoms with Crippen LogP contribution in [0.4, 0.5) is 9.59 Å². The SMILES string of the molecule is NC(=O)N1Cc2cc3c(cc2C1)CN(C(N)=O)C3. The first-order valence-corrected chi connectivity index (χ1v) is 5.77. The molecule has 2 aliphatic rings. The van der Waals surface area contributed by atoms with Gasteiger partial charge in [0.2, 0.25) is 0 Å². The maximum absolute atomic E-state index is 11.1. The van der Waals surface area contributed by atoms with Crippen molar-refractivity contribution in [3.05, 3.63) is 34.4 Å². The highest BCUT2D eigenvalue weighted by molar-refractivity contribution is 5.74. The second-order valence-electron chi connectivity index (χ2n) is 4.78. The number of nitrogens with two attached hydrogens (primary N) is 2. The molecule has 0 bridgehead atoms. The summed E-state index contributed by atoms with van der Waals surface area (Å²) >= 11 is 0. The van der Waals surface area contributed by atoms with Crippen LogP contribution in [0.1, 0.15) is 22.3 Å². The average Bonchev–Trinajstić information content (AvgIpc) is 2.87. The molecule has 2 aliphatic heterocycles. The van der Waals surface area contributed by atoms with Gasteiger partial charge in [-0.15, -0.1) is 0 Å². The lowest BCUT2D eigenvalue weighted by Gasteiger charge is -2.11. The average molecular weight is 246 g/mol. The number of nitrogens with zero attached hydrogens (tertiary/aromatic N) is 2. The van der Waals surface area contributed by atoms with Gasteiger partial charge >= 0.3 is 12.1 Å². The molecule has 0 aromatic heterocycles. The van der Waals surface area contributed by atoms with Gasteiger partial charge in [0.25, 0.3) is 0 Å². The summed E-state index contributed by atoms with van der Waals surface area (Å²) in [7, 11) is 0. The van der Waals surface area contributed by atoms with E-state index in [2.05, 4.69) is 12.1 Å². The number of benzene rings is 1. The molecule has 0 unspecified atom stereocenters. The molecule has 6 heteroatoms. The van der Waals surface area contributed by atoms with E-state index < -0.39 is 12.1 Å². The van der Waals surface area contributed by atoms with Crippen LogP contribution in [0.2, 0.25) is 0 Å². The predicted octanol–water partition coefficient (Wildman–Crippen LogP) is 0.475. The monoisotopic (exact) mass is 246 g/mol. The number of hydrogen-bond acceptors (Lipinski definition) is 2. The van der Waals surface area contributed by atoms with Gasteiger partial charge in [0.1, 0.15) is 0 Å². The second kappa shape index (κ2) is 3.63. The topological polar surface area (TPSA) is 92.7 Å². The van der Waals surface area contributed by atoms with Crippen molar-refractivity contribution in [2.24, 2.45) is 11.5 Å². The summed E-state index contributed by atoms with van der Waals surface area (Å²) in [6.07, 6.45) is 0. The van der Waals surface area contributed by atoms with E-state index in [-0.39, 0.29) is 0 Å². The third-order valence-corrected chi connectivity index (χ3v) is 3.59. The Morgan fingerprint density at radius 1 is 0.778 bits per heavy atom. The summed E-state index contributed by atoms with van der Waals surface area (Å²) in [5.74, 6) is 0. The fourth-order valence-corrected chi connectivity index (χ4v) is 2.63. The Hall–Kier alpha value is -2.24. The van der Waals surface area contributed by atoms with Crippen molar-refractivity contribution in [3.8, 4) is 0 Å². The maximum atomic E-state index is 11.1. The molecule has 0 aliphatic carbocycles. The van der Waals surface area contributed by atoms with Gasteiger partial charge in [0.15, 0.2) is 0 Å². The zero-order valence-electron chi connectivity index (χ0n) is 9.85. The van der Waals surface area contributed by atoms with Crippen LogP contribution in [0.3, 0.4) is 0 Å². The van der Waals surface area contributed by atoms with Crippen LogP contribution in [0.15, 0.2) is 12.1 Å². The Morgan fingerprint density at radius 3 is 1.28 bits per heavy atom. The quantitative estimate of drug-likeness (QED) is 0.696. The van der Waals surface area contributed by atoms with Gasteiger partial charge in [0, 0.05) is 26.2 Å². The highest BCUT2D eigenvalue weighted by Crippen LogP contribution is 2.30. The summed E-state index contributed by atoms with van der Waals surface area (Å²) in [4.78, 5) is 25.5. The lowest BCUT2D eigenvalue weighted by molar-refractivity contribution is 0.208. The molecule has 0 saturated carbocycles. The minimum absolute atomic E-state index is 0.398. The fourth-order valence-electron chi connectivity index (χ4n) is 2.63. The molecule has 2 heterocycles. The smallest absolute Gasteiger partial charge is 0.315 e. The van der Waals surface area contributed by atoms with Crippen LogP contribution in [0.5, 0.6) is 0 Å². The summed E-state index contributed by atoms with van der Waals surface area (Å²) in [6.45, 7) is 2.20. The van der Waals surface area contributed by atoms with Crippen molar-refractivity contribution in [2.45, 2.75) is 26.2 Å². The third-order valence-electron chi connectivity index (χ3n) is 3.59. The van der Waals surface area contributed by atoms with Crippen molar-refractivity contribution in [2.75, 3.05) is 0 Å². The molecule has 0 fully saturated rings. The van der Waals surface area contributed by atoms with Gasteiger partial charge in [0.05, 0.1) is 0 Å². The van der Waals surface area contributed by atoms with Crippen molar-refractivity contribution >= 4 is 12.1 Å². The number of hydrogen-bond donors (Lipinski definition) is 2. The first-order chi connectivity index (χ1) is 8.54. The van der Waals surface area contributed by atoms with Crippen molar-refractivity contribution in [3.63, 3.8) is 0 Å². The van der Waals surface area contributed by atoms with E-state index in [4.69, 9.17) is 11.5 Å². The predicted molar refractivity (Wildman–Crippen MR) is 64.1 cm³/mol. The lowest BCUT2D eigenvalue weighted by Crippen LogP contribution is -2.31. The standard InChI is InChI=1S/C12H14N4O2/c13-11(17)15-3-7-1-8-4-16(12(14)18)6-10(8)2-9(7)5-15/h1-2H,3-6H2,(H2,13,17)(H2,14,18). The van der Waals surface area contributed by atoms with Gasteiger partial charge < -0.3 is 21.3 Å². The zero-order chi connectivity index (χ0) is 12.9. The molecule has 1 aromatic rings. The molecule has 0 atom stereocenters. The van der Waals surface area contributed by atoms with Gasteiger partial charge in [-0.25, -0.2) is 9.59 Å². The fraction of sp³-hybridized carbons (Fsp3) is 0.333. The lowest BCUT2D eigenvalue weighted by atomic mass is 10.0. The van der Waals surface area contributed by atoms with E-state index in [0.717, 1.165) is 22.3 Å². The van der Waals surface area contributed by atoms with E-state index in [1.165, 1.54) is 0 Å². The molecule has 4 N–H and O–H groups in total. The zero-order valence-corrected chi connectivity index (χ0v) is 9.85. The molecular formula is C12H14N4O2. The van der Waals surface area contributed by atoms with E-state index in [1.54, 1.807) is 9.80 Å². The van der Waals surface area contributed by atoms with Crippen LogP contribution in [0.25, 0.3) is 0 Å².